The topological polar surface area (TPSA) is 213 Å². The van der Waals surface area contributed by atoms with Gasteiger partial charge < -0.3 is 54.7 Å². The predicted octanol–water partition coefficient (Wildman–Crippen LogP) is -1.25. The highest BCUT2D eigenvalue weighted by Gasteiger charge is 2.45. The maximum Gasteiger partial charge on any atom is 0.309 e. The van der Waals surface area contributed by atoms with Gasteiger partial charge in [0.2, 0.25) is 12.0 Å². The number of carboxylic acids is 1. The van der Waals surface area contributed by atoms with Crippen molar-refractivity contribution >= 4 is 18.0 Å². The molecule has 1 saturated heterocycles. The fourth-order valence-electron chi connectivity index (χ4n) is 3.33. The molecule has 0 aromatic heterocycles. The molecule has 13 nitrogen and oxygen atoms in total. The first-order valence-corrected chi connectivity index (χ1v) is 10.5. The number of aliphatic hydroxyl groups is 5. The van der Waals surface area contributed by atoms with Gasteiger partial charge in [0.15, 0.2) is 11.5 Å². The van der Waals surface area contributed by atoms with Gasteiger partial charge in [0, 0.05) is 0 Å². The van der Waals surface area contributed by atoms with Crippen LogP contribution < -0.4 is 9.47 Å². The molecule has 0 aliphatic carbocycles. The largest absolute Gasteiger partial charge is 0.504 e. The average Bonchev–Trinajstić information content (AvgIpc) is 2.76. The molecule has 1 aromatic carbocycles. The molecule has 1 aliphatic heterocycles. The molecule has 1 heterocycles. The molecule has 1 aliphatic rings. The number of carbonyl (C=O) groups is 2. The van der Waals surface area contributed by atoms with Crippen LogP contribution in [0.5, 0.6) is 17.2 Å². The SMILES string of the molecule is COc1cc(/C=C/COC(=O)C[C@@](C)(O)CC(=O)O)cc(O)c1O[C@@H]1O[C@H](CO)[C@@H](O)[C@H](O)[C@H]1O. The first-order chi connectivity index (χ1) is 16.4. The second-order valence-electron chi connectivity index (χ2n) is 8.22. The van der Waals surface area contributed by atoms with Crippen LogP contribution in [0.2, 0.25) is 0 Å². The molecule has 0 amide bonds. The van der Waals surface area contributed by atoms with E-state index in [1.807, 2.05) is 0 Å². The number of benzene rings is 1. The Labute approximate surface area is 200 Å². The molecule has 196 valence electrons. The maximum absolute atomic E-state index is 11.8. The predicted molar refractivity (Wildman–Crippen MR) is 117 cm³/mol. The number of phenols is 1. The van der Waals surface area contributed by atoms with Crippen molar-refractivity contribution in [1.29, 1.82) is 0 Å². The third-order valence-electron chi connectivity index (χ3n) is 5.07. The molecule has 6 atom stereocenters. The minimum atomic E-state index is -1.75. The van der Waals surface area contributed by atoms with Gasteiger partial charge in [-0.2, -0.15) is 0 Å². The van der Waals surface area contributed by atoms with Crippen LogP contribution in [0, 0.1) is 0 Å². The Morgan fingerprint density at radius 3 is 2.43 bits per heavy atom. The summed E-state index contributed by atoms with van der Waals surface area (Å²) >= 11 is 0. The molecule has 0 radical (unpaired) electrons. The molecule has 1 aromatic rings. The normalized spacial score (nSPS) is 26.2. The fraction of sp³-hybridized carbons (Fsp3) is 0.545. The van der Waals surface area contributed by atoms with E-state index < -0.39 is 73.4 Å². The van der Waals surface area contributed by atoms with Crippen LogP contribution >= 0.6 is 0 Å². The summed E-state index contributed by atoms with van der Waals surface area (Å²) in [5, 5.41) is 68.2. The van der Waals surface area contributed by atoms with Crippen LogP contribution in [-0.4, -0.2) is 104 Å². The number of methoxy groups -OCH3 is 1. The number of esters is 1. The molecule has 7 N–H and O–H groups in total. The molecule has 1 fully saturated rings. The molecule has 13 heteroatoms. The number of hydrogen-bond donors (Lipinski definition) is 7. The van der Waals surface area contributed by atoms with Gasteiger partial charge in [0.25, 0.3) is 0 Å². The molecule has 0 saturated carbocycles. The lowest BCUT2D eigenvalue weighted by Crippen LogP contribution is -2.60. The highest BCUT2D eigenvalue weighted by atomic mass is 16.7. The number of phenolic OH excluding ortho intramolecular Hbond substituents is 1. The molecule has 0 spiro atoms. The van der Waals surface area contributed by atoms with Crippen molar-refractivity contribution in [2.24, 2.45) is 0 Å². The van der Waals surface area contributed by atoms with E-state index in [-0.39, 0.29) is 18.1 Å². The van der Waals surface area contributed by atoms with E-state index in [1.54, 1.807) is 0 Å². The highest BCUT2D eigenvalue weighted by Crippen LogP contribution is 2.40. The lowest BCUT2D eigenvalue weighted by atomic mass is 9.98. The number of carboxylic acid groups (broad SMARTS) is 1. The Morgan fingerprint density at radius 1 is 1.14 bits per heavy atom. The first kappa shape index (κ1) is 28.3. The van der Waals surface area contributed by atoms with Crippen molar-refractivity contribution in [3.63, 3.8) is 0 Å². The first-order valence-electron chi connectivity index (χ1n) is 10.5. The Balaban J connectivity index is 2.04. The number of rotatable bonds is 11. The van der Waals surface area contributed by atoms with E-state index >= 15 is 0 Å². The van der Waals surface area contributed by atoms with Gasteiger partial charge in [-0.15, -0.1) is 0 Å². The van der Waals surface area contributed by atoms with Gasteiger partial charge in [-0.3, -0.25) is 9.59 Å². The summed E-state index contributed by atoms with van der Waals surface area (Å²) in [6.45, 7) is 0.356. The van der Waals surface area contributed by atoms with Crippen LogP contribution in [0.1, 0.15) is 25.3 Å². The monoisotopic (exact) mass is 502 g/mol. The van der Waals surface area contributed by atoms with Crippen molar-refractivity contribution in [3.8, 4) is 17.2 Å². The molecular formula is C22H30O13. The van der Waals surface area contributed by atoms with Gasteiger partial charge >= 0.3 is 11.9 Å². The molecule has 2 rings (SSSR count). The zero-order valence-electron chi connectivity index (χ0n) is 19.1. The summed E-state index contributed by atoms with van der Waals surface area (Å²) in [7, 11) is 1.28. The number of aliphatic hydroxyl groups excluding tert-OH is 4. The third kappa shape index (κ3) is 7.78. The van der Waals surface area contributed by atoms with Crippen molar-refractivity contribution in [2.45, 2.75) is 56.1 Å². The molecule has 0 unspecified atom stereocenters. The van der Waals surface area contributed by atoms with Gasteiger partial charge in [0.05, 0.1) is 32.2 Å². The van der Waals surface area contributed by atoms with Gasteiger partial charge in [-0.05, 0) is 30.7 Å². The fourth-order valence-corrected chi connectivity index (χ4v) is 3.33. The van der Waals surface area contributed by atoms with Crippen LogP contribution in [0.4, 0.5) is 0 Å². The van der Waals surface area contributed by atoms with Crippen molar-refractivity contribution < 1.29 is 64.3 Å². The minimum absolute atomic E-state index is 0.0170. The third-order valence-corrected chi connectivity index (χ3v) is 5.07. The second-order valence-corrected chi connectivity index (χ2v) is 8.22. The minimum Gasteiger partial charge on any atom is -0.504 e. The van der Waals surface area contributed by atoms with E-state index in [0.29, 0.717) is 5.56 Å². The Bertz CT molecular complexity index is 911. The molecule has 0 bridgehead atoms. The quantitative estimate of drug-likeness (QED) is 0.176. The van der Waals surface area contributed by atoms with E-state index in [0.717, 1.165) is 0 Å². The number of ether oxygens (including phenoxy) is 4. The van der Waals surface area contributed by atoms with E-state index in [2.05, 4.69) is 0 Å². The lowest BCUT2D eigenvalue weighted by molar-refractivity contribution is -0.277. The Kier molecular flexibility index (Phi) is 9.82. The Morgan fingerprint density at radius 2 is 1.83 bits per heavy atom. The van der Waals surface area contributed by atoms with Gasteiger partial charge in [0.1, 0.15) is 31.0 Å². The van der Waals surface area contributed by atoms with Crippen LogP contribution in [0.25, 0.3) is 6.08 Å². The molecular weight excluding hydrogens is 472 g/mol. The van der Waals surface area contributed by atoms with Crippen molar-refractivity contribution in [1.82, 2.24) is 0 Å². The second kappa shape index (κ2) is 12.2. The molecule has 35 heavy (non-hydrogen) atoms. The summed E-state index contributed by atoms with van der Waals surface area (Å²) in [5.41, 5.74) is -1.35. The lowest BCUT2D eigenvalue weighted by Gasteiger charge is -2.39. The summed E-state index contributed by atoms with van der Waals surface area (Å²) < 4.78 is 20.9. The highest BCUT2D eigenvalue weighted by molar-refractivity contribution is 5.74. The standard InChI is InChI=1S/C22H30O13/c1-22(31,8-15(25)26)9-16(27)33-5-3-4-11-6-12(24)20(13(7-11)32-2)35-21-19(30)18(29)17(28)14(10-23)34-21/h3-4,6-7,14,17-19,21,23-24,28-31H,5,8-10H2,1-2H3,(H,25,26)/b4-3+/t14-,17-,18+,19-,21+,22+/m1/s1. The summed E-state index contributed by atoms with van der Waals surface area (Å²) in [6, 6.07) is 2.70. The van der Waals surface area contributed by atoms with E-state index in [4.69, 9.17) is 24.1 Å². The summed E-state index contributed by atoms with van der Waals surface area (Å²) in [6.07, 6.45) is -5.90. The number of aromatic hydroxyl groups is 1. The maximum atomic E-state index is 11.8. The average molecular weight is 502 g/mol. The smallest absolute Gasteiger partial charge is 0.309 e. The van der Waals surface area contributed by atoms with Crippen LogP contribution in [0.15, 0.2) is 18.2 Å². The number of hydrogen-bond acceptors (Lipinski definition) is 12. The van der Waals surface area contributed by atoms with Crippen molar-refractivity contribution in [2.75, 3.05) is 20.3 Å². The van der Waals surface area contributed by atoms with Crippen molar-refractivity contribution in [3.05, 3.63) is 23.8 Å². The summed E-state index contributed by atoms with van der Waals surface area (Å²) in [5.74, 6) is -2.70. The van der Waals surface area contributed by atoms with Crippen LogP contribution in [0.3, 0.4) is 0 Å². The van der Waals surface area contributed by atoms with Gasteiger partial charge in [-0.25, -0.2) is 0 Å². The summed E-state index contributed by atoms with van der Waals surface area (Å²) in [4.78, 5) is 22.5. The van der Waals surface area contributed by atoms with Crippen LogP contribution in [-0.2, 0) is 19.1 Å². The number of aliphatic carboxylic acids is 1. The number of carbonyl (C=O) groups excluding carboxylic acids is 1. The van der Waals surface area contributed by atoms with E-state index in [9.17, 15) is 40.2 Å². The zero-order valence-corrected chi connectivity index (χ0v) is 19.1. The van der Waals surface area contributed by atoms with Gasteiger partial charge in [-0.1, -0.05) is 6.08 Å². The van der Waals surface area contributed by atoms with E-state index in [1.165, 1.54) is 38.3 Å². The zero-order chi connectivity index (χ0) is 26.3. The Hall–Kier alpha value is -2.94.